The van der Waals surface area contributed by atoms with E-state index < -0.39 is 9.84 Å². The van der Waals surface area contributed by atoms with Crippen molar-refractivity contribution in [3.63, 3.8) is 0 Å². The van der Waals surface area contributed by atoms with Crippen LogP contribution in [0.2, 0.25) is 0 Å². The molecule has 0 aromatic carbocycles. The number of hydrogen-bond donors (Lipinski definition) is 1. The molecule has 0 bridgehead atoms. The second-order valence-electron chi connectivity index (χ2n) is 4.18. The van der Waals surface area contributed by atoms with Crippen molar-refractivity contribution in [2.75, 3.05) is 38.8 Å². The molecule has 0 spiro atoms. The smallest absolute Gasteiger partial charge is 0.256 e. The van der Waals surface area contributed by atoms with Crippen LogP contribution in [0.1, 0.15) is 6.42 Å². The second kappa shape index (κ2) is 5.79. The van der Waals surface area contributed by atoms with Crippen molar-refractivity contribution in [1.29, 1.82) is 0 Å². The largest absolute Gasteiger partial charge is 0.470 e. The summed E-state index contributed by atoms with van der Waals surface area (Å²) in [7, 11) is 1.03. The topological polar surface area (TPSA) is 58.6 Å². The third kappa shape index (κ3) is 5.09. The van der Waals surface area contributed by atoms with Gasteiger partial charge < -0.3 is 15.0 Å². The van der Waals surface area contributed by atoms with Gasteiger partial charge in [-0.15, -0.1) is 0 Å². The van der Waals surface area contributed by atoms with Gasteiger partial charge in [0.2, 0.25) is 0 Å². The van der Waals surface area contributed by atoms with Crippen LogP contribution in [0.5, 0.6) is 0 Å². The number of nitrogens with zero attached hydrogens (tertiary/aromatic N) is 1. The minimum Gasteiger partial charge on any atom is -0.470 e. The van der Waals surface area contributed by atoms with Gasteiger partial charge in [0, 0.05) is 12.6 Å². The summed E-state index contributed by atoms with van der Waals surface area (Å²) in [6, 6.07) is -0.0862. The van der Waals surface area contributed by atoms with Crippen LogP contribution in [0.15, 0.2) is 0 Å². The molecule has 1 aliphatic rings. The molecule has 1 atom stereocenters. The van der Waals surface area contributed by atoms with E-state index in [4.69, 9.17) is 17.0 Å². The summed E-state index contributed by atoms with van der Waals surface area (Å²) in [4.78, 5) is 1.99. The Labute approximate surface area is 102 Å². The number of ether oxygens (including phenoxy) is 1. The van der Waals surface area contributed by atoms with Crippen molar-refractivity contribution in [3.05, 3.63) is 0 Å². The Morgan fingerprint density at radius 3 is 2.75 bits per heavy atom. The van der Waals surface area contributed by atoms with Crippen molar-refractivity contribution in [1.82, 2.24) is 10.2 Å². The van der Waals surface area contributed by atoms with Crippen LogP contribution in [0, 0.1) is 0 Å². The third-order valence-electron chi connectivity index (χ3n) is 2.33. The first-order valence-electron chi connectivity index (χ1n) is 5.17. The van der Waals surface area contributed by atoms with Gasteiger partial charge in [-0.2, -0.15) is 0 Å². The lowest BCUT2D eigenvalue weighted by Gasteiger charge is -2.15. The Balaban J connectivity index is 2.20. The molecule has 1 aliphatic heterocycles. The van der Waals surface area contributed by atoms with Gasteiger partial charge in [-0.3, -0.25) is 0 Å². The molecule has 1 N–H and O–H groups in total. The molecular weight excluding hydrogens is 248 g/mol. The van der Waals surface area contributed by atoms with E-state index in [1.807, 2.05) is 19.0 Å². The number of sulfone groups is 1. The molecular formula is C9H18N2O3S2. The Morgan fingerprint density at radius 1 is 1.56 bits per heavy atom. The Hall–Kier alpha value is -0.400. The van der Waals surface area contributed by atoms with E-state index in [2.05, 4.69) is 5.32 Å². The molecule has 7 heteroatoms. The lowest BCUT2D eigenvalue weighted by atomic mass is 10.3. The summed E-state index contributed by atoms with van der Waals surface area (Å²) in [5, 5.41) is 3.22. The summed E-state index contributed by atoms with van der Waals surface area (Å²) in [6.45, 7) is 1.29. The maximum Gasteiger partial charge on any atom is 0.256 e. The highest BCUT2D eigenvalue weighted by Gasteiger charge is 2.28. The monoisotopic (exact) mass is 266 g/mol. The zero-order valence-electron chi connectivity index (χ0n) is 9.60. The first-order chi connectivity index (χ1) is 7.39. The van der Waals surface area contributed by atoms with Crippen LogP contribution in [0.4, 0.5) is 0 Å². The third-order valence-corrected chi connectivity index (χ3v) is 4.33. The predicted molar refractivity (Wildman–Crippen MR) is 67.3 cm³/mol. The molecule has 0 aromatic heterocycles. The average Bonchev–Trinajstić information content (AvgIpc) is 2.44. The van der Waals surface area contributed by atoms with Crippen LogP contribution in [-0.2, 0) is 14.6 Å². The van der Waals surface area contributed by atoms with Gasteiger partial charge in [0.15, 0.2) is 9.84 Å². The molecule has 1 fully saturated rings. The first kappa shape index (κ1) is 13.7. The number of rotatable bonds is 4. The standard InChI is InChI=1S/C9H18N2O3S2/c1-11(2)4-5-14-9(15)10-8-3-6-16(12,13)7-8/h8H,3-7H2,1-2H3,(H,10,15). The Bertz CT molecular complexity index is 341. The van der Waals surface area contributed by atoms with E-state index >= 15 is 0 Å². The number of thiocarbonyl (C=S) groups is 1. The highest BCUT2D eigenvalue weighted by molar-refractivity contribution is 7.91. The fraction of sp³-hybridized carbons (Fsp3) is 0.889. The highest BCUT2D eigenvalue weighted by Crippen LogP contribution is 2.11. The fourth-order valence-corrected chi connectivity index (χ4v) is 3.36. The normalized spacial score (nSPS) is 23.3. The molecule has 16 heavy (non-hydrogen) atoms. The fourth-order valence-electron chi connectivity index (χ4n) is 1.44. The zero-order valence-corrected chi connectivity index (χ0v) is 11.2. The number of hydrogen-bond acceptors (Lipinski definition) is 5. The van der Waals surface area contributed by atoms with E-state index in [-0.39, 0.29) is 17.5 Å². The summed E-state index contributed by atoms with van der Waals surface area (Å²) >= 11 is 4.97. The molecule has 1 heterocycles. The summed E-state index contributed by atoms with van der Waals surface area (Å²) < 4.78 is 27.7. The van der Waals surface area contributed by atoms with E-state index in [0.29, 0.717) is 18.2 Å². The molecule has 94 valence electrons. The van der Waals surface area contributed by atoms with Gasteiger partial charge in [0.25, 0.3) is 5.17 Å². The first-order valence-corrected chi connectivity index (χ1v) is 7.40. The van der Waals surface area contributed by atoms with Gasteiger partial charge in [-0.05, 0) is 32.7 Å². The lowest BCUT2D eigenvalue weighted by molar-refractivity contribution is 0.246. The second-order valence-corrected chi connectivity index (χ2v) is 6.78. The SMILES string of the molecule is CN(C)CCOC(=S)NC1CCS(=O)(=O)C1. The zero-order chi connectivity index (χ0) is 12.2. The van der Waals surface area contributed by atoms with E-state index in [1.165, 1.54) is 0 Å². The highest BCUT2D eigenvalue weighted by atomic mass is 32.2. The van der Waals surface area contributed by atoms with Crippen molar-refractivity contribution in [2.45, 2.75) is 12.5 Å². The molecule has 1 saturated heterocycles. The van der Waals surface area contributed by atoms with Crippen LogP contribution >= 0.6 is 12.2 Å². The molecule has 1 rings (SSSR count). The quantitative estimate of drug-likeness (QED) is 0.701. The summed E-state index contributed by atoms with van der Waals surface area (Å²) in [5.74, 6) is 0.398. The van der Waals surface area contributed by atoms with Crippen molar-refractivity contribution < 1.29 is 13.2 Å². The number of likely N-dealkylation sites (N-methyl/N-ethyl adjacent to an activating group) is 1. The van der Waals surface area contributed by atoms with Gasteiger partial charge in [0.1, 0.15) is 6.61 Å². The summed E-state index contributed by atoms with van der Waals surface area (Å²) in [5.41, 5.74) is 0. The van der Waals surface area contributed by atoms with Gasteiger partial charge in [-0.1, -0.05) is 0 Å². The van der Waals surface area contributed by atoms with Gasteiger partial charge in [0.05, 0.1) is 11.5 Å². The van der Waals surface area contributed by atoms with E-state index in [0.717, 1.165) is 6.54 Å². The van der Waals surface area contributed by atoms with Gasteiger partial charge in [-0.25, -0.2) is 8.42 Å². The van der Waals surface area contributed by atoms with Crippen LogP contribution < -0.4 is 5.32 Å². The van der Waals surface area contributed by atoms with Crippen LogP contribution in [-0.4, -0.2) is 63.3 Å². The van der Waals surface area contributed by atoms with Gasteiger partial charge >= 0.3 is 0 Å². The average molecular weight is 266 g/mol. The van der Waals surface area contributed by atoms with Crippen LogP contribution in [0.25, 0.3) is 0 Å². The minimum absolute atomic E-state index is 0.0862. The maximum atomic E-state index is 11.2. The van der Waals surface area contributed by atoms with E-state index in [1.54, 1.807) is 0 Å². The molecule has 0 amide bonds. The number of nitrogens with one attached hydrogen (secondary N) is 1. The Morgan fingerprint density at radius 2 is 2.25 bits per heavy atom. The van der Waals surface area contributed by atoms with Crippen molar-refractivity contribution in [2.24, 2.45) is 0 Å². The van der Waals surface area contributed by atoms with Crippen molar-refractivity contribution >= 4 is 27.2 Å². The van der Waals surface area contributed by atoms with E-state index in [9.17, 15) is 8.42 Å². The van der Waals surface area contributed by atoms with Crippen molar-refractivity contribution in [3.8, 4) is 0 Å². The maximum absolute atomic E-state index is 11.2. The van der Waals surface area contributed by atoms with Crippen LogP contribution in [0.3, 0.4) is 0 Å². The summed E-state index contributed by atoms with van der Waals surface area (Å²) in [6.07, 6.45) is 0.611. The Kier molecular flexibility index (Phi) is 4.94. The molecule has 0 saturated carbocycles. The predicted octanol–water partition coefficient (Wildman–Crippen LogP) is -0.374. The molecule has 0 aliphatic carbocycles. The molecule has 5 nitrogen and oxygen atoms in total. The molecule has 1 unspecified atom stereocenters. The minimum atomic E-state index is -2.86. The molecule has 0 aromatic rings. The lowest BCUT2D eigenvalue weighted by Crippen LogP contribution is -2.36. The molecule has 0 radical (unpaired) electrons.